The van der Waals surface area contributed by atoms with Crippen molar-refractivity contribution in [2.24, 2.45) is 0 Å². The monoisotopic (exact) mass is 260 g/mol. The van der Waals surface area contributed by atoms with E-state index < -0.39 is 17.8 Å². The zero-order chi connectivity index (χ0) is 13.0. The van der Waals surface area contributed by atoms with Gasteiger partial charge in [-0.1, -0.05) is 11.6 Å². The molecule has 3 N–H and O–H groups in total. The molecule has 92 valence electrons. The Morgan fingerprint density at radius 1 is 1.47 bits per heavy atom. The molecule has 0 aliphatic carbocycles. The summed E-state index contributed by atoms with van der Waals surface area (Å²) in [4.78, 5) is 21.6. The van der Waals surface area contributed by atoms with E-state index in [-0.39, 0.29) is 22.7 Å². The van der Waals surface area contributed by atoms with Crippen LogP contribution >= 0.6 is 11.6 Å². The minimum atomic E-state index is -1.29. The van der Waals surface area contributed by atoms with Crippen molar-refractivity contribution in [2.45, 2.75) is 6.54 Å². The maximum absolute atomic E-state index is 13.5. The summed E-state index contributed by atoms with van der Waals surface area (Å²) < 4.78 is 13.5. The molecule has 0 spiro atoms. The van der Waals surface area contributed by atoms with Gasteiger partial charge in [0.25, 0.3) is 5.91 Å². The van der Waals surface area contributed by atoms with Crippen LogP contribution in [-0.2, 0) is 6.54 Å². The number of rotatable bonds is 3. The van der Waals surface area contributed by atoms with Crippen molar-refractivity contribution in [1.82, 2.24) is 10.6 Å². The van der Waals surface area contributed by atoms with Gasteiger partial charge < -0.3 is 15.7 Å². The molecule has 0 bridgehead atoms. The van der Waals surface area contributed by atoms with Crippen LogP contribution in [0.2, 0.25) is 5.02 Å². The second-order valence-corrected chi connectivity index (χ2v) is 3.58. The van der Waals surface area contributed by atoms with Crippen molar-refractivity contribution in [2.75, 3.05) is 7.05 Å². The van der Waals surface area contributed by atoms with E-state index in [1.807, 2.05) is 5.32 Å². The quantitative estimate of drug-likeness (QED) is 0.772. The Bertz CT molecular complexity index is 465. The molecule has 0 saturated carbocycles. The van der Waals surface area contributed by atoms with Gasteiger partial charge in [-0.25, -0.2) is 9.18 Å². The molecule has 1 aromatic rings. The number of benzene rings is 1. The zero-order valence-corrected chi connectivity index (χ0v) is 9.64. The first-order valence-electron chi connectivity index (χ1n) is 4.62. The van der Waals surface area contributed by atoms with Crippen LogP contribution in [0.5, 0.6) is 0 Å². The van der Waals surface area contributed by atoms with Crippen LogP contribution < -0.4 is 10.6 Å². The van der Waals surface area contributed by atoms with E-state index >= 15 is 0 Å². The second-order valence-electron chi connectivity index (χ2n) is 3.17. The van der Waals surface area contributed by atoms with Gasteiger partial charge in [-0.2, -0.15) is 0 Å². The molecular weight excluding hydrogens is 251 g/mol. The van der Waals surface area contributed by atoms with Gasteiger partial charge in [0.1, 0.15) is 5.82 Å². The minimum Gasteiger partial charge on any atom is -0.465 e. The summed E-state index contributed by atoms with van der Waals surface area (Å²) in [5, 5.41) is 12.5. The molecule has 1 aromatic carbocycles. The Hall–Kier alpha value is -1.82. The lowest BCUT2D eigenvalue weighted by Crippen LogP contribution is -2.22. The van der Waals surface area contributed by atoms with E-state index in [9.17, 15) is 14.0 Å². The zero-order valence-electron chi connectivity index (χ0n) is 8.88. The largest absolute Gasteiger partial charge is 0.465 e. The normalized spacial score (nSPS) is 9.82. The Balaban J connectivity index is 3.06. The second kappa shape index (κ2) is 5.49. The fraction of sp³-hybridized carbons (Fsp3) is 0.200. The first-order valence-corrected chi connectivity index (χ1v) is 5.00. The van der Waals surface area contributed by atoms with Gasteiger partial charge in [0.2, 0.25) is 0 Å². The number of hydrogen-bond donors (Lipinski definition) is 3. The molecule has 0 aliphatic heterocycles. The summed E-state index contributed by atoms with van der Waals surface area (Å²) in [6.45, 7) is -0.258. The van der Waals surface area contributed by atoms with Crippen molar-refractivity contribution in [1.29, 1.82) is 0 Å². The summed E-state index contributed by atoms with van der Waals surface area (Å²) in [5.41, 5.74) is 0.180. The van der Waals surface area contributed by atoms with Gasteiger partial charge in [0, 0.05) is 24.7 Å². The van der Waals surface area contributed by atoms with Crippen LogP contribution in [-0.4, -0.2) is 24.2 Å². The van der Waals surface area contributed by atoms with Crippen LogP contribution in [0.1, 0.15) is 15.9 Å². The molecule has 0 aromatic heterocycles. The first-order chi connectivity index (χ1) is 7.95. The molecule has 17 heavy (non-hydrogen) atoms. The average molecular weight is 261 g/mol. The highest BCUT2D eigenvalue weighted by molar-refractivity contribution is 6.31. The number of carbonyl (C=O) groups excluding carboxylic acids is 1. The highest BCUT2D eigenvalue weighted by Gasteiger charge is 2.13. The molecule has 7 heteroatoms. The maximum atomic E-state index is 13.5. The van der Waals surface area contributed by atoms with E-state index in [0.29, 0.717) is 0 Å². The summed E-state index contributed by atoms with van der Waals surface area (Å²) in [6.07, 6.45) is -1.29. The lowest BCUT2D eigenvalue weighted by Gasteiger charge is -2.08. The molecule has 1 rings (SSSR count). The molecule has 0 atom stereocenters. The fourth-order valence-electron chi connectivity index (χ4n) is 1.22. The summed E-state index contributed by atoms with van der Waals surface area (Å²) in [7, 11) is 1.43. The molecule has 0 aliphatic rings. The smallest absolute Gasteiger partial charge is 0.404 e. The average Bonchev–Trinajstić information content (AvgIpc) is 2.29. The number of carbonyl (C=O) groups is 2. The highest BCUT2D eigenvalue weighted by Crippen LogP contribution is 2.21. The lowest BCUT2D eigenvalue weighted by molar-refractivity contribution is 0.0963. The van der Waals surface area contributed by atoms with Crippen molar-refractivity contribution in [3.63, 3.8) is 0 Å². The van der Waals surface area contributed by atoms with Gasteiger partial charge in [0.05, 0.1) is 5.02 Å². The molecule has 0 unspecified atom stereocenters. The van der Waals surface area contributed by atoms with Gasteiger partial charge in [0.15, 0.2) is 0 Å². The van der Waals surface area contributed by atoms with E-state index in [1.54, 1.807) is 0 Å². The summed E-state index contributed by atoms with van der Waals surface area (Å²) >= 11 is 5.61. The molecule has 0 radical (unpaired) electrons. The van der Waals surface area contributed by atoms with Crippen LogP contribution in [0.15, 0.2) is 12.1 Å². The maximum Gasteiger partial charge on any atom is 0.404 e. The predicted molar refractivity (Wildman–Crippen MR) is 59.7 cm³/mol. The number of carboxylic acid groups (broad SMARTS) is 1. The predicted octanol–water partition coefficient (Wildman–Crippen LogP) is 1.61. The number of halogens is 2. The van der Waals surface area contributed by atoms with Crippen molar-refractivity contribution in [3.05, 3.63) is 34.1 Å². The van der Waals surface area contributed by atoms with Crippen LogP contribution in [0.4, 0.5) is 9.18 Å². The topological polar surface area (TPSA) is 78.4 Å². The number of hydrogen-bond acceptors (Lipinski definition) is 2. The minimum absolute atomic E-state index is 0.0125. The third-order valence-electron chi connectivity index (χ3n) is 2.02. The lowest BCUT2D eigenvalue weighted by atomic mass is 10.1. The van der Waals surface area contributed by atoms with E-state index in [4.69, 9.17) is 16.7 Å². The molecule has 0 saturated heterocycles. The molecule has 2 amide bonds. The van der Waals surface area contributed by atoms with Crippen LogP contribution in [0.25, 0.3) is 0 Å². The van der Waals surface area contributed by atoms with E-state index in [0.717, 1.165) is 0 Å². The summed E-state index contributed by atoms with van der Waals surface area (Å²) in [6, 6.07) is 2.43. The van der Waals surface area contributed by atoms with Crippen LogP contribution in [0, 0.1) is 5.82 Å². The highest BCUT2D eigenvalue weighted by atomic mass is 35.5. The van der Waals surface area contributed by atoms with E-state index in [2.05, 4.69) is 5.32 Å². The van der Waals surface area contributed by atoms with Gasteiger partial charge in [-0.05, 0) is 12.1 Å². The molecule has 5 nitrogen and oxygen atoms in total. The van der Waals surface area contributed by atoms with Crippen molar-refractivity contribution >= 4 is 23.6 Å². The Morgan fingerprint density at radius 2 is 2.12 bits per heavy atom. The number of amides is 2. The first kappa shape index (κ1) is 13.2. The third kappa shape index (κ3) is 3.32. The Labute approximate surface area is 102 Å². The standard InChI is InChI=1S/C10H10ClFN2O3/c1-13-9(15)5-2-6(4-14-10(16)17)8(12)7(11)3-5/h2-3,14H,4H2,1H3,(H,13,15)(H,16,17). The summed E-state index contributed by atoms with van der Waals surface area (Å²) in [5.74, 6) is -1.17. The Kier molecular flexibility index (Phi) is 4.28. The van der Waals surface area contributed by atoms with E-state index in [1.165, 1.54) is 19.2 Å². The fourth-order valence-corrected chi connectivity index (χ4v) is 1.46. The SMILES string of the molecule is CNC(=O)c1cc(Cl)c(F)c(CNC(=O)O)c1. The van der Waals surface area contributed by atoms with Crippen LogP contribution in [0.3, 0.4) is 0 Å². The van der Waals surface area contributed by atoms with Crippen molar-refractivity contribution < 1.29 is 19.1 Å². The van der Waals surface area contributed by atoms with Crippen molar-refractivity contribution in [3.8, 4) is 0 Å². The van der Waals surface area contributed by atoms with Gasteiger partial charge in [-0.3, -0.25) is 4.79 Å². The number of nitrogens with one attached hydrogen (secondary N) is 2. The van der Waals surface area contributed by atoms with Gasteiger partial charge in [-0.15, -0.1) is 0 Å². The van der Waals surface area contributed by atoms with Gasteiger partial charge >= 0.3 is 6.09 Å². The third-order valence-corrected chi connectivity index (χ3v) is 2.30. The molecular formula is C10H10ClFN2O3. The Morgan fingerprint density at radius 3 is 2.65 bits per heavy atom. The molecule has 0 heterocycles. The molecule has 0 fully saturated rings.